The van der Waals surface area contributed by atoms with Gasteiger partial charge in [-0.15, -0.1) is 0 Å². The summed E-state index contributed by atoms with van der Waals surface area (Å²) >= 11 is 0. The third kappa shape index (κ3) is 0.693. The van der Waals surface area contributed by atoms with Crippen molar-refractivity contribution in [3.8, 4) is 5.75 Å². The average molecular weight is 148 g/mol. The van der Waals surface area contributed by atoms with Crippen molar-refractivity contribution in [1.29, 1.82) is 0 Å². The number of ketones is 1. The molecule has 2 nitrogen and oxygen atoms in total. The summed E-state index contributed by atoms with van der Waals surface area (Å²) in [6.07, 6.45) is 0. The molecule has 0 radical (unpaired) electrons. The maximum absolute atomic E-state index is 11.1. The Kier molecular flexibility index (Phi) is 1.22. The minimum absolute atomic E-state index is 0.121. The fraction of sp³-hybridized carbons (Fsp3) is 0.222. The molecule has 2 aliphatic rings. The van der Waals surface area contributed by atoms with Crippen LogP contribution in [0.5, 0.6) is 5.75 Å². The first-order chi connectivity index (χ1) is 5.34. The molecular weight excluding hydrogens is 140 g/mol. The average Bonchev–Trinajstić information content (AvgIpc) is 2.07. The number of ether oxygens (including phenoxy) is 1. The molecule has 0 aliphatic heterocycles. The van der Waals surface area contributed by atoms with E-state index in [9.17, 15) is 4.79 Å². The van der Waals surface area contributed by atoms with E-state index >= 15 is 0 Å². The van der Waals surface area contributed by atoms with E-state index in [-0.39, 0.29) is 5.78 Å². The van der Waals surface area contributed by atoms with Gasteiger partial charge in [0.25, 0.3) is 0 Å². The summed E-state index contributed by atoms with van der Waals surface area (Å²) in [5, 5.41) is 0. The number of hydrogen-bond acceptors (Lipinski definition) is 2. The van der Waals surface area contributed by atoms with Gasteiger partial charge in [-0.2, -0.15) is 0 Å². The van der Waals surface area contributed by atoms with Crippen LogP contribution in [-0.4, -0.2) is 12.4 Å². The van der Waals surface area contributed by atoms with Crippen molar-refractivity contribution in [3.63, 3.8) is 0 Å². The van der Waals surface area contributed by atoms with Crippen LogP contribution in [0.3, 0.4) is 0 Å². The van der Waals surface area contributed by atoms with Gasteiger partial charge < -0.3 is 4.74 Å². The van der Waals surface area contributed by atoms with Crippen molar-refractivity contribution in [2.45, 2.75) is 6.92 Å². The van der Waals surface area contributed by atoms with Crippen LogP contribution in [0.1, 0.15) is 22.8 Å². The molecule has 0 fully saturated rings. The van der Waals surface area contributed by atoms with E-state index in [1.165, 1.54) is 0 Å². The number of benzene rings is 1. The Balaban J connectivity index is 2.43. The van der Waals surface area contributed by atoms with Gasteiger partial charge in [-0.05, 0) is 19.1 Å². The second-order valence-electron chi connectivity index (χ2n) is 2.44. The number of fused-ring (bicyclic) bond motifs is 2. The Morgan fingerprint density at radius 3 is 2.45 bits per heavy atom. The van der Waals surface area contributed by atoms with Gasteiger partial charge in [-0.3, -0.25) is 4.79 Å². The number of para-hydroxylation sites is 1. The second kappa shape index (κ2) is 2.09. The van der Waals surface area contributed by atoms with Crippen LogP contribution < -0.4 is 4.74 Å². The summed E-state index contributed by atoms with van der Waals surface area (Å²) in [6, 6.07) is 5.45. The minimum Gasteiger partial charge on any atom is -0.492 e. The van der Waals surface area contributed by atoms with Gasteiger partial charge in [0.05, 0.1) is 17.7 Å². The maximum atomic E-state index is 11.1. The van der Waals surface area contributed by atoms with Gasteiger partial charge in [0.2, 0.25) is 5.78 Å². The lowest BCUT2D eigenvalue weighted by atomic mass is 9.89. The van der Waals surface area contributed by atoms with Crippen molar-refractivity contribution in [2.75, 3.05) is 6.61 Å². The quantitative estimate of drug-likeness (QED) is 0.647. The molecule has 2 heteroatoms. The predicted octanol–water partition coefficient (Wildman–Crippen LogP) is 1.63. The number of carbonyl (C=O) groups excluding carboxylic acids is 1. The van der Waals surface area contributed by atoms with Gasteiger partial charge in [0, 0.05) is 0 Å². The Hall–Kier alpha value is -1.31. The Morgan fingerprint density at radius 2 is 2.00 bits per heavy atom. The van der Waals surface area contributed by atoms with E-state index in [2.05, 4.69) is 0 Å². The van der Waals surface area contributed by atoms with Crippen molar-refractivity contribution >= 4 is 5.78 Å². The van der Waals surface area contributed by atoms with E-state index in [1.807, 2.05) is 13.0 Å². The van der Waals surface area contributed by atoms with Crippen molar-refractivity contribution < 1.29 is 9.53 Å². The summed E-state index contributed by atoms with van der Waals surface area (Å²) in [6.45, 7) is 2.54. The number of rotatable bonds is 2. The molecular formula is C9H8O2. The van der Waals surface area contributed by atoms with Gasteiger partial charge >= 0.3 is 0 Å². The first-order valence-corrected chi connectivity index (χ1v) is 3.65. The molecule has 2 aliphatic carbocycles. The zero-order chi connectivity index (χ0) is 7.84. The summed E-state index contributed by atoms with van der Waals surface area (Å²) in [5.74, 6) is 0.899. The fourth-order valence-electron chi connectivity index (χ4n) is 1.28. The van der Waals surface area contributed by atoms with Crippen LogP contribution in [-0.2, 0) is 0 Å². The van der Waals surface area contributed by atoms with Gasteiger partial charge in [-0.25, -0.2) is 0 Å². The van der Waals surface area contributed by atoms with Crippen LogP contribution in [0, 0.1) is 0 Å². The first kappa shape index (κ1) is 6.40. The molecule has 0 saturated heterocycles. The van der Waals surface area contributed by atoms with Crippen molar-refractivity contribution in [1.82, 2.24) is 0 Å². The highest BCUT2D eigenvalue weighted by atomic mass is 16.5. The zero-order valence-corrected chi connectivity index (χ0v) is 6.26. The fourth-order valence-corrected chi connectivity index (χ4v) is 1.28. The lowest BCUT2D eigenvalue weighted by molar-refractivity contribution is 0.101. The molecule has 2 bridgehead atoms. The normalized spacial score (nSPS) is 12.6. The van der Waals surface area contributed by atoms with Crippen LogP contribution >= 0.6 is 0 Å². The Labute approximate surface area is 64.8 Å². The largest absolute Gasteiger partial charge is 0.492 e. The first-order valence-electron chi connectivity index (χ1n) is 3.65. The van der Waals surface area contributed by atoms with Crippen molar-refractivity contribution in [3.05, 3.63) is 29.3 Å². The van der Waals surface area contributed by atoms with Crippen LogP contribution in [0.2, 0.25) is 0 Å². The highest BCUT2D eigenvalue weighted by Crippen LogP contribution is 2.36. The summed E-state index contributed by atoms with van der Waals surface area (Å²) in [4.78, 5) is 11.1. The maximum Gasteiger partial charge on any atom is 0.200 e. The second-order valence-corrected chi connectivity index (χ2v) is 2.44. The third-order valence-electron chi connectivity index (χ3n) is 1.79. The highest BCUT2D eigenvalue weighted by molar-refractivity contribution is 6.21. The number of carbonyl (C=O) groups is 1. The molecule has 1 aromatic carbocycles. The van der Waals surface area contributed by atoms with Gasteiger partial charge in [-0.1, -0.05) is 6.07 Å². The molecule has 1 aromatic rings. The van der Waals surface area contributed by atoms with E-state index in [4.69, 9.17) is 4.74 Å². The van der Waals surface area contributed by atoms with E-state index in [0.29, 0.717) is 6.61 Å². The lowest BCUT2D eigenvalue weighted by Crippen LogP contribution is -2.17. The molecule has 0 unspecified atom stereocenters. The molecule has 56 valence electrons. The Morgan fingerprint density at radius 1 is 1.36 bits per heavy atom. The molecule has 0 aromatic heterocycles. The lowest BCUT2D eigenvalue weighted by Gasteiger charge is -2.20. The van der Waals surface area contributed by atoms with Crippen LogP contribution in [0.15, 0.2) is 18.2 Å². The van der Waals surface area contributed by atoms with E-state index < -0.39 is 0 Å². The molecule has 0 saturated carbocycles. The van der Waals surface area contributed by atoms with Crippen molar-refractivity contribution in [2.24, 2.45) is 0 Å². The topological polar surface area (TPSA) is 26.3 Å². The number of hydrogen-bond donors (Lipinski definition) is 0. The monoisotopic (exact) mass is 148 g/mol. The molecule has 0 atom stereocenters. The molecule has 0 N–H and O–H groups in total. The molecule has 3 rings (SSSR count). The highest BCUT2D eigenvalue weighted by Gasteiger charge is 2.29. The van der Waals surface area contributed by atoms with Gasteiger partial charge in [0.15, 0.2) is 0 Å². The summed E-state index contributed by atoms with van der Waals surface area (Å²) < 4.78 is 5.25. The standard InChI is InChI=1S/C9H8O2/c1-2-11-9-6-4-3-5-7(9)8(6)10/h3-5H,2H2,1H3. The van der Waals surface area contributed by atoms with E-state index in [0.717, 1.165) is 16.9 Å². The predicted molar refractivity (Wildman–Crippen MR) is 41.0 cm³/mol. The Bertz CT molecular complexity index is 291. The van der Waals surface area contributed by atoms with E-state index in [1.54, 1.807) is 12.1 Å². The smallest absolute Gasteiger partial charge is 0.200 e. The van der Waals surface area contributed by atoms with Crippen LogP contribution in [0.25, 0.3) is 0 Å². The van der Waals surface area contributed by atoms with Gasteiger partial charge in [0.1, 0.15) is 5.75 Å². The molecule has 11 heavy (non-hydrogen) atoms. The van der Waals surface area contributed by atoms with Crippen LogP contribution in [0.4, 0.5) is 0 Å². The zero-order valence-electron chi connectivity index (χ0n) is 6.26. The summed E-state index contributed by atoms with van der Waals surface area (Å²) in [7, 11) is 0. The third-order valence-corrected chi connectivity index (χ3v) is 1.79. The summed E-state index contributed by atoms with van der Waals surface area (Å²) in [5.41, 5.74) is 1.45. The SMILES string of the molecule is CCOc1c2cccc1C2=O. The molecule has 0 spiro atoms. The molecule has 0 heterocycles. The molecule has 0 amide bonds. The minimum atomic E-state index is 0.121.